The summed E-state index contributed by atoms with van der Waals surface area (Å²) in [5, 5.41) is 13.6. The van der Waals surface area contributed by atoms with Crippen LogP contribution in [0.25, 0.3) is 0 Å². The molecule has 0 saturated carbocycles. The third-order valence-corrected chi connectivity index (χ3v) is 4.92. The van der Waals surface area contributed by atoms with Crippen molar-refractivity contribution in [2.45, 2.75) is 37.3 Å². The third kappa shape index (κ3) is 2.17. The van der Waals surface area contributed by atoms with E-state index in [4.69, 9.17) is 11.6 Å². The predicted octanol–water partition coefficient (Wildman–Crippen LogP) is 2.83. The molecule has 0 bridgehead atoms. The van der Waals surface area contributed by atoms with Crippen LogP contribution >= 0.6 is 11.6 Å². The largest absolute Gasteiger partial charge is 0.479 e. The number of para-hydroxylation sites is 1. The van der Waals surface area contributed by atoms with Crippen molar-refractivity contribution in [2.75, 3.05) is 18.4 Å². The zero-order valence-electron chi connectivity index (χ0n) is 11.3. The van der Waals surface area contributed by atoms with E-state index in [0.29, 0.717) is 17.1 Å². The molecule has 0 aromatic heterocycles. The van der Waals surface area contributed by atoms with Gasteiger partial charge in [0, 0.05) is 12.6 Å². The maximum absolute atomic E-state index is 12.0. The highest BCUT2D eigenvalue weighted by atomic mass is 35.5. The average Bonchev–Trinajstić information content (AvgIpc) is 2.82. The first-order chi connectivity index (χ1) is 9.63. The molecule has 0 aliphatic carbocycles. The van der Waals surface area contributed by atoms with E-state index in [9.17, 15) is 9.90 Å². The molecule has 2 fully saturated rings. The van der Waals surface area contributed by atoms with Crippen LogP contribution in [0.4, 0.5) is 5.69 Å². The molecule has 5 heteroatoms. The minimum absolute atomic E-state index is 0.0602. The lowest BCUT2D eigenvalue weighted by Crippen LogP contribution is -2.57. The molecule has 2 aliphatic heterocycles. The normalized spacial score (nSPS) is 29.9. The first-order valence-corrected chi connectivity index (χ1v) is 7.51. The van der Waals surface area contributed by atoms with Gasteiger partial charge in [-0.25, -0.2) is 4.79 Å². The Bertz CT molecular complexity index is 522. The van der Waals surface area contributed by atoms with Gasteiger partial charge in [0.1, 0.15) is 0 Å². The number of hydrogen-bond donors (Lipinski definition) is 2. The van der Waals surface area contributed by atoms with E-state index >= 15 is 0 Å². The van der Waals surface area contributed by atoms with Crippen molar-refractivity contribution in [1.29, 1.82) is 0 Å². The highest BCUT2D eigenvalue weighted by Gasteiger charge is 2.53. The summed E-state index contributed by atoms with van der Waals surface area (Å²) in [6.07, 6.45) is 3.82. The van der Waals surface area contributed by atoms with Gasteiger partial charge in [0.15, 0.2) is 5.54 Å². The number of piperidine rings is 1. The lowest BCUT2D eigenvalue weighted by atomic mass is 9.85. The Labute approximate surface area is 123 Å². The van der Waals surface area contributed by atoms with Gasteiger partial charge in [-0.15, -0.1) is 0 Å². The number of aliphatic carboxylic acids is 1. The van der Waals surface area contributed by atoms with Gasteiger partial charge in [0.2, 0.25) is 0 Å². The molecule has 4 nitrogen and oxygen atoms in total. The quantitative estimate of drug-likeness (QED) is 0.900. The number of fused-ring (bicyclic) bond motifs is 1. The molecule has 20 heavy (non-hydrogen) atoms. The van der Waals surface area contributed by atoms with E-state index in [1.165, 1.54) is 0 Å². The Kier molecular flexibility index (Phi) is 3.61. The molecule has 1 aromatic rings. The molecule has 2 unspecified atom stereocenters. The van der Waals surface area contributed by atoms with Gasteiger partial charge >= 0.3 is 5.97 Å². The fraction of sp³-hybridized carbons (Fsp3) is 0.533. The minimum atomic E-state index is -0.911. The second-order valence-corrected chi connectivity index (χ2v) is 6.09. The van der Waals surface area contributed by atoms with Gasteiger partial charge in [0.25, 0.3) is 0 Å². The van der Waals surface area contributed by atoms with Crippen molar-refractivity contribution in [1.82, 2.24) is 4.90 Å². The number of carboxylic acids is 1. The Morgan fingerprint density at radius 2 is 2.15 bits per heavy atom. The molecule has 108 valence electrons. The van der Waals surface area contributed by atoms with Crippen LogP contribution < -0.4 is 5.32 Å². The lowest BCUT2D eigenvalue weighted by molar-refractivity contribution is -0.143. The van der Waals surface area contributed by atoms with Crippen LogP contribution in [-0.2, 0) is 4.79 Å². The molecular weight excluding hydrogens is 276 g/mol. The molecule has 2 N–H and O–H groups in total. The van der Waals surface area contributed by atoms with E-state index in [1.807, 2.05) is 18.2 Å². The predicted molar refractivity (Wildman–Crippen MR) is 79.3 cm³/mol. The summed E-state index contributed by atoms with van der Waals surface area (Å²) in [7, 11) is 0. The van der Waals surface area contributed by atoms with Crippen molar-refractivity contribution >= 4 is 23.3 Å². The zero-order chi connectivity index (χ0) is 14.2. The lowest BCUT2D eigenvalue weighted by Gasteiger charge is -2.39. The van der Waals surface area contributed by atoms with Gasteiger partial charge in [-0.3, -0.25) is 4.90 Å². The molecular formula is C15H19ClN2O2. The van der Waals surface area contributed by atoms with E-state index in [1.54, 1.807) is 6.07 Å². The molecule has 3 rings (SSSR count). The van der Waals surface area contributed by atoms with E-state index in [-0.39, 0.29) is 6.04 Å². The van der Waals surface area contributed by atoms with E-state index in [2.05, 4.69) is 10.2 Å². The van der Waals surface area contributed by atoms with Crippen LogP contribution in [0, 0.1) is 0 Å². The second kappa shape index (κ2) is 5.26. The Balaban J connectivity index is 1.93. The van der Waals surface area contributed by atoms with Crippen LogP contribution in [0.15, 0.2) is 24.3 Å². The monoisotopic (exact) mass is 294 g/mol. The van der Waals surface area contributed by atoms with Crippen molar-refractivity contribution < 1.29 is 9.90 Å². The van der Waals surface area contributed by atoms with Gasteiger partial charge < -0.3 is 10.4 Å². The van der Waals surface area contributed by atoms with Crippen molar-refractivity contribution in [3.05, 3.63) is 29.3 Å². The number of benzene rings is 1. The number of carboxylic acid groups (broad SMARTS) is 1. The Morgan fingerprint density at radius 1 is 1.35 bits per heavy atom. The zero-order valence-corrected chi connectivity index (χ0v) is 12.1. The standard InChI is InChI=1S/C15H19ClN2O2/c16-11-5-1-2-6-12(11)17-15(14(19)20)8-10-18-9-4-3-7-13(15)18/h1-2,5-6,13,17H,3-4,7-10H2,(H,19,20). The van der Waals surface area contributed by atoms with Crippen LogP contribution in [0.1, 0.15) is 25.7 Å². The summed E-state index contributed by atoms with van der Waals surface area (Å²) in [6, 6.07) is 7.41. The van der Waals surface area contributed by atoms with Crippen LogP contribution in [0.5, 0.6) is 0 Å². The number of anilines is 1. The topological polar surface area (TPSA) is 52.6 Å². The fourth-order valence-electron chi connectivity index (χ4n) is 3.55. The summed E-state index contributed by atoms with van der Waals surface area (Å²) in [6.45, 7) is 1.85. The van der Waals surface area contributed by atoms with E-state index in [0.717, 1.165) is 32.4 Å². The molecule has 2 aliphatic rings. The highest BCUT2D eigenvalue weighted by molar-refractivity contribution is 6.33. The number of nitrogens with zero attached hydrogens (tertiary/aromatic N) is 1. The summed E-state index contributed by atoms with van der Waals surface area (Å²) in [4.78, 5) is 14.3. The molecule has 0 spiro atoms. The molecule has 2 atom stereocenters. The number of halogens is 1. The summed E-state index contributed by atoms with van der Waals surface area (Å²) in [5.74, 6) is -0.771. The maximum atomic E-state index is 12.0. The van der Waals surface area contributed by atoms with Crippen molar-refractivity contribution in [2.24, 2.45) is 0 Å². The highest BCUT2D eigenvalue weighted by Crippen LogP contribution is 2.39. The second-order valence-electron chi connectivity index (χ2n) is 5.68. The van der Waals surface area contributed by atoms with Crippen molar-refractivity contribution in [3.8, 4) is 0 Å². The van der Waals surface area contributed by atoms with Gasteiger partial charge in [0.05, 0.1) is 10.7 Å². The SMILES string of the molecule is O=C(O)C1(Nc2ccccc2Cl)CCN2CCCCC21. The van der Waals surface area contributed by atoms with Crippen LogP contribution in [0.3, 0.4) is 0 Å². The molecule has 2 saturated heterocycles. The summed E-state index contributed by atoms with van der Waals surface area (Å²) >= 11 is 6.18. The Morgan fingerprint density at radius 3 is 2.90 bits per heavy atom. The van der Waals surface area contributed by atoms with Crippen molar-refractivity contribution in [3.63, 3.8) is 0 Å². The first-order valence-electron chi connectivity index (χ1n) is 7.14. The van der Waals surface area contributed by atoms with E-state index < -0.39 is 11.5 Å². The summed E-state index contributed by atoms with van der Waals surface area (Å²) in [5.41, 5.74) is -0.199. The average molecular weight is 295 g/mol. The van der Waals surface area contributed by atoms with Crippen LogP contribution in [0.2, 0.25) is 5.02 Å². The van der Waals surface area contributed by atoms with Gasteiger partial charge in [-0.2, -0.15) is 0 Å². The molecule has 0 amide bonds. The minimum Gasteiger partial charge on any atom is -0.479 e. The first kappa shape index (κ1) is 13.7. The number of rotatable bonds is 3. The Hall–Kier alpha value is -1.26. The number of nitrogens with one attached hydrogen (secondary N) is 1. The molecule has 0 radical (unpaired) electrons. The third-order valence-electron chi connectivity index (χ3n) is 4.59. The summed E-state index contributed by atoms with van der Waals surface area (Å²) < 4.78 is 0. The fourth-order valence-corrected chi connectivity index (χ4v) is 3.74. The number of carbonyl (C=O) groups is 1. The maximum Gasteiger partial charge on any atom is 0.331 e. The number of hydrogen-bond acceptors (Lipinski definition) is 3. The smallest absolute Gasteiger partial charge is 0.331 e. The molecule has 2 heterocycles. The van der Waals surface area contributed by atoms with Crippen LogP contribution in [-0.4, -0.2) is 40.6 Å². The van der Waals surface area contributed by atoms with Gasteiger partial charge in [-0.1, -0.05) is 30.2 Å². The molecule has 1 aromatic carbocycles. The van der Waals surface area contributed by atoms with Gasteiger partial charge in [-0.05, 0) is 37.9 Å².